The first-order valence-electron chi connectivity index (χ1n) is 11.6. The molecule has 2 heterocycles. The number of rotatable bonds is 8. The van der Waals surface area contributed by atoms with Crippen LogP contribution in [0, 0.1) is 11.3 Å². The Hall–Kier alpha value is -4.37. The van der Waals surface area contributed by atoms with Gasteiger partial charge in [0.2, 0.25) is 0 Å². The number of methoxy groups -OCH3 is 1. The van der Waals surface area contributed by atoms with Crippen LogP contribution in [0.25, 0.3) is 0 Å². The van der Waals surface area contributed by atoms with E-state index in [1.54, 1.807) is 41.3 Å². The van der Waals surface area contributed by atoms with Crippen LogP contribution in [0.4, 0.5) is 24.5 Å². The molecule has 0 fully saturated rings. The number of carbonyl (C=O) groups is 2. The van der Waals surface area contributed by atoms with E-state index in [9.17, 15) is 28.0 Å². The topological polar surface area (TPSA) is 109 Å². The van der Waals surface area contributed by atoms with Gasteiger partial charge in [-0.25, -0.2) is 0 Å². The van der Waals surface area contributed by atoms with E-state index in [0.717, 1.165) is 0 Å². The van der Waals surface area contributed by atoms with Gasteiger partial charge in [-0.3, -0.25) is 14.3 Å². The number of benzene rings is 2. The molecule has 2 aromatic carbocycles. The lowest BCUT2D eigenvalue weighted by molar-refractivity contribution is -0.146. The Morgan fingerprint density at radius 2 is 1.97 bits per heavy atom. The molecule has 1 aliphatic rings. The number of carbonyl (C=O) groups excluding carboxylic acids is 2. The van der Waals surface area contributed by atoms with Crippen molar-refractivity contribution in [2.45, 2.75) is 38.7 Å². The lowest BCUT2D eigenvalue weighted by Crippen LogP contribution is -2.47. The van der Waals surface area contributed by atoms with Crippen molar-refractivity contribution >= 4 is 23.2 Å². The SMILES string of the molecule is COc1ccc(NC(=O)c2cnn3c2C(=O)N(c2ccc(COCCC(F)(F)F)cc2)[C@@H](C)C3)cc1C#N. The van der Waals surface area contributed by atoms with Gasteiger partial charge in [0, 0.05) is 11.4 Å². The molecule has 0 bridgehead atoms. The minimum Gasteiger partial charge on any atom is -0.495 e. The quantitative estimate of drug-likeness (QED) is 0.431. The van der Waals surface area contributed by atoms with Crippen LogP contribution in [-0.4, -0.2) is 47.5 Å². The molecule has 1 aliphatic heterocycles. The van der Waals surface area contributed by atoms with Crippen molar-refractivity contribution in [1.29, 1.82) is 5.26 Å². The molecule has 4 rings (SSSR count). The van der Waals surface area contributed by atoms with E-state index in [-0.39, 0.29) is 29.5 Å². The largest absolute Gasteiger partial charge is 0.495 e. The third-order valence-corrected chi connectivity index (χ3v) is 5.97. The van der Waals surface area contributed by atoms with Crippen LogP contribution in [0.2, 0.25) is 0 Å². The fraction of sp³-hybridized carbons (Fsp3) is 0.308. The Kier molecular flexibility index (Phi) is 7.68. The van der Waals surface area contributed by atoms with Gasteiger partial charge in [-0.2, -0.15) is 23.5 Å². The maximum absolute atomic E-state index is 13.5. The molecule has 1 atom stereocenters. The molecule has 9 nitrogen and oxygen atoms in total. The number of anilines is 2. The zero-order valence-electron chi connectivity index (χ0n) is 20.6. The Labute approximate surface area is 216 Å². The number of ether oxygens (including phenoxy) is 2. The fourth-order valence-corrected chi connectivity index (χ4v) is 4.14. The molecule has 1 N–H and O–H groups in total. The number of nitriles is 1. The minimum atomic E-state index is -4.27. The average molecular weight is 528 g/mol. The third-order valence-electron chi connectivity index (χ3n) is 5.97. The minimum absolute atomic E-state index is 0.00975. The van der Waals surface area contributed by atoms with E-state index in [0.29, 0.717) is 29.2 Å². The molecule has 198 valence electrons. The van der Waals surface area contributed by atoms with E-state index in [1.165, 1.54) is 24.1 Å². The summed E-state index contributed by atoms with van der Waals surface area (Å²) in [4.78, 5) is 28.1. The molecule has 3 aromatic rings. The number of aromatic nitrogens is 2. The average Bonchev–Trinajstić information content (AvgIpc) is 3.31. The number of nitrogens with zero attached hydrogens (tertiary/aromatic N) is 4. The first-order chi connectivity index (χ1) is 18.1. The standard InChI is InChI=1S/C26H24F3N5O4/c1-16-14-33-23(21(13-31-33)24(35)32-19-5-8-22(37-2)18(11-19)12-30)25(36)34(16)20-6-3-17(4-7-20)15-38-10-9-26(27,28)29/h3-8,11,13,16H,9-10,14-15H2,1-2H3,(H,32,35)/t16-/m0/s1. The van der Waals surface area contributed by atoms with Crippen molar-refractivity contribution in [3.05, 3.63) is 71.0 Å². The van der Waals surface area contributed by atoms with Gasteiger partial charge < -0.3 is 19.7 Å². The highest BCUT2D eigenvalue weighted by Gasteiger charge is 2.36. The number of halogens is 3. The van der Waals surface area contributed by atoms with E-state index in [4.69, 9.17) is 9.47 Å². The van der Waals surface area contributed by atoms with Gasteiger partial charge in [0.15, 0.2) is 0 Å². The molecule has 0 aliphatic carbocycles. The smallest absolute Gasteiger partial charge is 0.391 e. The molecule has 12 heteroatoms. The highest BCUT2D eigenvalue weighted by Crippen LogP contribution is 2.28. The number of amides is 2. The summed E-state index contributed by atoms with van der Waals surface area (Å²) in [6.45, 7) is 1.76. The van der Waals surface area contributed by atoms with Gasteiger partial charge in [-0.15, -0.1) is 0 Å². The summed E-state index contributed by atoms with van der Waals surface area (Å²) in [5, 5.41) is 16.2. The number of fused-ring (bicyclic) bond motifs is 1. The third kappa shape index (κ3) is 5.78. The molecule has 0 saturated carbocycles. The van der Waals surface area contributed by atoms with Crippen molar-refractivity contribution in [2.24, 2.45) is 0 Å². The van der Waals surface area contributed by atoms with Crippen LogP contribution in [0.15, 0.2) is 48.7 Å². The van der Waals surface area contributed by atoms with Gasteiger partial charge in [0.05, 0.1) is 56.7 Å². The van der Waals surface area contributed by atoms with Crippen LogP contribution in [0.3, 0.4) is 0 Å². The van der Waals surface area contributed by atoms with Crippen molar-refractivity contribution in [1.82, 2.24) is 9.78 Å². The summed E-state index contributed by atoms with van der Waals surface area (Å²) in [6.07, 6.45) is -3.97. The normalized spacial score (nSPS) is 15.1. The van der Waals surface area contributed by atoms with E-state index in [2.05, 4.69) is 10.4 Å². The second-order valence-corrected chi connectivity index (χ2v) is 8.68. The Bertz CT molecular complexity index is 1380. The van der Waals surface area contributed by atoms with Gasteiger partial charge in [0.1, 0.15) is 17.5 Å². The molecule has 0 saturated heterocycles. The zero-order valence-corrected chi connectivity index (χ0v) is 20.6. The van der Waals surface area contributed by atoms with Crippen LogP contribution in [0.5, 0.6) is 5.75 Å². The fourth-order valence-electron chi connectivity index (χ4n) is 4.14. The maximum Gasteiger partial charge on any atom is 0.391 e. The number of hydrogen-bond donors (Lipinski definition) is 1. The Morgan fingerprint density at radius 3 is 2.63 bits per heavy atom. The second-order valence-electron chi connectivity index (χ2n) is 8.68. The van der Waals surface area contributed by atoms with Gasteiger partial charge in [-0.1, -0.05) is 12.1 Å². The van der Waals surface area contributed by atoms with E-state index >= 15 is 0 Å². The predicted octanol–water partition coefficient (Wildman–Crippen LogP) is 4.53. The lowest BCUT2D eigenvalue weighted by Gasteiger charge is -2.34. The van der Waals surface area contributed by atoms with Crippen molar-refractivity contribution in [3.63, 3.8) is 0 Å². The van der Waals surface area contributed by atoms with Gasteiger partial charge in [0.25, 0.3) is 11.8 Å². The summed E-state index contributed by atoms with van der Waals surface area (Å²) in [5.74, 6) is -0.616. The van der Waals surface area contributed by atoms with E-state index in [1.807, 2.05) is 13.0 Å². The first-order valence-corrected chi connectivity index (χ1v) is 11.6. The van der Waals surface area contributed by atoms with Crippen LogP contribution >= 0.6 is 0 Å². The molecular formula is C26H24F3N5O4. The van der Waals surface area contributed by atoms with Crippen molar-refractivity contribution in [3.8, 4) is 11.8 Å². The van der Waals surface area contributed by atoms with Crippen LogP contribution in [0.1, 0.15) is 45.3 Å². The molecular weight excluding hydrogens is 503 g/mol. The number of hydrogen-bond acceptors (Lipinski definition) is 6. The lowest BCUT2D eigenvalue weighted by atomic mass is 10.1. The Balaban J connectivity index is 1.49. The number of alkyl halides is 3. The van der Waals surface area contributed by atoms with Crippen molar-refractivity contribution < 1.29 is 32.2 Å². The summed E-state index contributed by atoms with van der Waals surface area (Å²) in [5.41, 5.74) is 2.02. The van der Waals surface area contributed by atoms with Crippen LogP contribution < -0.4 is 15.0 Å². The summed E-state index contributed by atoms with van der Waals surface area (Å²) >= 11 is 0. The predicted molar refractivity (Wildman–Crippen MR) is 131 cm³/mol. The highest BCUT2D eigenvalue weighted by molar-refractivity contribution is 6.15. The zero-order chi connectivity index (χ0) is 27.4. The number of nitrogens with one attached hydrogen (secondary N) is 1. The van der Waals surface area contributed by atoms with Gasteiger partial charge in [-0.05, 0) is 42.8 Å². The van der Waals surface area contributed by atoms with Crippen molar-refractivity contribution in [2.75, 3.05) is 23.9 Å². The summed E-state index contributed by atoms with van der Waals surface area (Å²) in [7, 11) is 1.44. The molecule has 38 heavy (non-hydrogen) atoms. The van der Waals surface area contributed by atoms with Crippen LogP contribution in [-0.2, 0) is 17.9 Å². The molecule has 0 unspecified atom stereocenters. The molecule has 0 radical (unpaired) electrons. The second kappa shape index (κ2) is 10.9. The Morgan fingerprint density at radius 1 is 1.24 bits per heavy atom. The monoisotopic (exact) mass is 527 g/mol. The molecule has 2 amide bonds. The summed E-state index contributed by atoms with van der Waals surface area (Å²) in [6, 6.07) is 13.1. The molecule has 1 aromatic heterocycles. The van der Waals surface area contributed by atoms with Gasteiger partial charge >= 0.3 is 6.18 Å². The molecule has 0 spiro atoms. The highest BCUT2D eigenvalue weighted by atomic mass is 19.4. The first kappa shape index (κ1) is 26.7. The van der Waals surface area contributed by atoms with E-state index < -0.39 is 31.0 Å². The summed E-state index contributed by atoms with van der Waals surface area (Å²) < 4.78 is 48.5. The maximum atomic E-state index is 13.5.